The van der Waals surface area contributed by atoms with E-state index in [0.29, 0.717) is 5.56 Å². The minimum absolute atomic E-state index is 0.0398. The average molecular weight is 231 g/mol. The summed E-state index contributed by atoms with van der Waals surface area (Å²) in [7, 11) is 0. The van der Waals surface area contributed by atoms with E-state index in [9.17, 15) is 14.7 Å². The van der Waals surface area contributed by atoms with E-state index in [-0.39, 0.29) is 17.0 Å². The molecule has 1 heterocycles. The van der Waals surface area contributed by atoms with Gasteiger partial charge in [-0.15, -0.1) is 0 Å². The maximum Gasteiger partial charge on any atom is 0.353 e. The molecule has 0 aliphatic rings. The van der Waals surface area contributed by atoms with Crippen LogP contribution < -0.4 is 5.56 Å². The second-order valence-electron chi connectivity index (χ2n) is 3.43. The highest BCUT2D eigenvalue weighted by molar-refractivity contribution is 5.94. The lowest BCUT2D eigenvalue weighted by Crippen LogP contribution is -2.12. The minimum Gasteiger partial charge on any atom is -0.507 e. The highest BCUT2D eigenvalue weighted by atomic mass is 16.4. The van der Waals surface area contributed by atoms with E-state index in [2.05, 4.69) is 4.98 Å². The van der Waals surface area contributed by atoms with Crippen LogP contribution in [0.4, 0.5) is 0 Å². The molecule has 0 saturated heterocycles. The molecule has 1 aromatic carbocycles. The monoisotopic (exact) mass is 231 g/mol. The molecule has 0 radical (unpaired) electrons. The molecule has 0 fully saturated rings. The summed E-state index contributed by atoms with van der Waals surface area (Å²) >= 11 is 0. The molecular weight excluding hydrogens is 222 g/mol. The standard InChI is InChI=1S/C12H9NO4/c14-9-4-2-1-3-7(9)8-5-6-10(15)13-11(8)12(16)17/h1-6,14H,(H,13,15)(H,16,17). The quantitative estimate of drug-likeness (QED) is 0.729. The van der Waals surface area contributed by atoms with Crippen molar-refractivity contribution in [1.29, 1.82) is 0 Å². The van der Waals surface area contributed by atoms with E-state index in [0.717, 1.165) is 0 Å². The minimum atomic E-state index is -1.25. The van der Waals surface area contributed by atoms with Gasteiger partial charge >= 0.3 is 5.97 Å². The zero-order chi connectivity index (χ0) is 12.4. The summed E-state index contributed by atoms with van der Waals surface area (Å²) in [5.74, 6) is -1.29. The Bertz CT molecular complexity index is 630. The summed E-state index contributed by atoms with van der Waals surface area (Å²) in [4.78, 5) is 24.3. The van der Waals surface area contributed by atoms with Crippen LogP contribution in [-0.2, 0) is 0 Å². The van der Waals surface area contributed by atoms with Gasteiger partial charge in [0, 0.05) is 17.2 Å². The van der Waals surface area contributed by atoms with Gasteiger partial charge < -0.3 is 15.2 Å². The molecule has 86 valence electrons. The van der Waals surface area contributed by atoms with E-state index in [1.165, 1.54) is 18.2 Å². The summed E-state index contributed by atoms with van der Waals surface area (Å²) < 4.78 is 0. The fraction of sp³-hybridized carbons (Fsp3) is 0. The molecule has 5 nitrogen and oxygen atoms in total. The number of phenolic OH excluding ortho intramolecular Hbond substituents is 1. The number of aromatic nitrogens is 1. The van der Waals surface area contributed by atoms with Crippen LogP contribution in [0.2, 0.25) is 0 Å². The number of para-hydroxylation sites is 1. The lowest BCUT2D eigenvalue weighted by molar-refractivity contribution is 0.0691. The Balaban J connectivity index is 2.72. The molecule has 5 heteroatoms. The Kier molecular flexibility index (Phi) is 2.66. The van der Waals surface area contributed by atoms with Crippen molar-refractivity contribution in [2.45, 2.75) is 0 Å². The van der Waals surface area contributed by atoms with Gasteiger partial charge in [-0.25, -0.2) is 4.79 Å². The largest absolute Gasteiger partial charge is 0.507 e. The Morgan fingerprint density at radius 1 is 1.06 bits per heavy atom. The maximum absolute atomic E-state index is 11.1. The first-order valence-electron chi connectivity index (χ1n) is 4.84. The Morgan fingerprint density at radius 2 is 1.76 bits per heavy atom. The predicted octanol–water partition coefficient (Wildman–Crippen LogP) is 1.45. The number of carboxylic acids is 1. The van der Waals surface area contributed by atoms with Gasteiger partial charge in [-0.05, 0) is 12.1 Å². The van der Waals surface area contributed by atoms with Gasteiger partial charge in [0.25, 0.3) is 0 Å². The van der Waals surface area contributed by atoms with Crippen molar-refractivity contribution in [3.8, 4) is 16.9 Å². The van der Waals surface area contributed by atoms with Crippen LogP contribution in [0.1, 0.15) is 10.5 Å². The van der Waals surface area contributed by atoms with Crippen molar-refractivity contribution in [3.63, 3.8) is 0 Å². The summed E-state index contributed by atoms with van der Waals surface area (Å²) in [6.45, 7) is 0. The Labute approximate surface area is 96.0 Å². The molecule has 0 amide bonds. The number of H-pyrrole nitrogens is 1. The van der Waals surface area contributed by atoms with E-state index >= 15 is 0 Å². The van der Waals surface area contributed by atoms with Crippen molar-refractivity contribution in [1.82, 2.24) is 4.98 Å². The zero-order valence-corrected chi connectivity index (χ0v) is 8.68. The first kappa shape index (κ1) is 10.9. The summed E-state index contributed by atoms with van der Waals surface area (Å²) in [6.07, 6.45) is 0. The molecule has 3 N–H and O–H groups in total. The van der Waals surface area contributed by atoms with Gasteiger partial charge in [-0.1, -0.05) is 18.2 Å². The number of hydrogen-bond acceptors (Lipinski definition) is 3. The van der Waals surface area contributed by atoms with Crippen molar-refractivity contribution in [2.75, 3.05) is 0 Å². The molecule has 0 saturated carbocycles. The molecule has 0 unspecified atom stereocenters. The molecule has 0 spiro atoms. The smallest absolute Gasteiger partial charge is 0.353 e. The second kappa shape index (κ2) is 4.13. The summed E-state index contributed by atoms with van der Waals surface area (Å²) in [5.41, 5.74) is -0.100. The van der Waals surface area contributed by atoms with Crippen molar-refractivity contribution in [3.05, 3.63) is 52.4 Å². The number of hydrogen-bond donors (Lipinski definition) is 3. The van der Waals surface area contributed by atoms with Gasteiger partial charge in [-0.3, -0.25) is 4.79 Å². The highest BCUT2D eigenvalue weighted by Crippen LogP contribution is 2.29. The lowest BCUT2D eigenvalue weighted by Gasteiger charge is -2.07. The molecule has 0 aliphatic heterocycles. The molecule has 0 aliphatic carbocycles. The fourth-order valence-electron chi connectivity index (χ4n) is 1.57. The summed E-state index contributed by atoms with van der Waals surface area (Å²) in [6, 6.07) is 8.92. The highest BCUT2D eigenvalue weighted by Gasteiger charge is 2.14. The van der Waals surface area contributed by atoms with Crippen molar-refractivity contribution < 1.29 is 15.0 Å². The van der Waals surface area contributed by atoms with Crippen molar-refractivity contribution in [2.24, 2.45) is 0 Å². The third kappa shape index (κ3) is 2.03. The number of aromatic carboxylic acids is 1. The third-order valence-electron chi connectivity index (χ3n) is 2.33. The fourth-order valence-corrected chi connectivity index (χ4v) is 1.57. The van der Waals surface area contributed by atoms with Gasteiger partial charge in [0.2, 0.25) is 5.56 Å². The van der Waals surface area contributed by atoms with Crippen molar-refractivity contribution >= 4 is 5.97 Å². The van der Waals surface area contributed by atoms with Crippen LogP contribution in [-0.4, -0.2) is 21.2 Å². The number of benzene rings is 1. The number of aromatic hydroxyl groups is 1. The first-order valence-corrected chi connectivity index (χ1v) is 4.84. The topological polar surface area (TPSA) is 90.4 Å². The third-order valence-corrected chi connectivity index (χ3v) is 2.33. The van der Waals surface area contributed by atoms with Gasteiger partial charge in [-0.2, -0.15) is 0 Å². The van der Waals surface area contributed by atoms with Gasteiger partial charge in [0.15, 0.2) is 0 Å². The van der Waals surface area contributed by atoms with Crippen LogP contribution in [0, 0.1) is 0 Å². The Hall–Kier alpha value is -2.56. The molecule has 2 aromatic rings. The van der Waals surface area contributed by atoms with E-state index in [4.69, 9.17) is 5.11 Å². The number of carboxylic acid groups (broad SMARTS) is 1. The van der Waals surface area contributed by atoms with Crippen LogP contribution >= 0.6 is 0 Å². The summed E-state index contributed by atoms with van der Waals surface area (Å²) in [5, 5.41) is 18.6. The van der Waals surface area contributed by atoms with Crippen LogP contribution in [0.3, 0.4) is 0 Å². The molecule has 2 rings (SSSR count). The molecule has 0 atom stereocenters. The number of pyridine rings is 1. The van der Waals surface area contributed by atoms with Crippen LogP contribution in [0.25, 0.3) is 11.1 Å². The van der Waals surface area contributed by atoms with Crippen LogP contribution in [0.5, 0.6) is 5.75 Å². The Morgan fingerprint density at radius 3 is 2.41 bits per heavy atom. The molecular formula is C12H9NO4. The van der Waals surface area contributed by atoms with E-state index in [1.54, 1.807) is 18.2 Å². The second-order valence-corrected chi connectivity index (χ2v) is 3.43. The number of nitrogens with one attached hydrogen (secondary N) is 1. The zero-order valence-electron chi connectivity index (χ0n) is 8.68. The lowest BCUT2D eigenvalue weighted by atomic mass is 10.0. The van der Waals surface area contributed by atoms with E-state index < -0.39 is 11.5 Å². The molecule has 17 heavy (non-hydrogen) atoms. The maximum atomic E-state index is 11.1. The van der Waals surface area contributed by atoms with Crippen LogP contribution in [0.15, 0.2) is 41.2 Å². The first-order chi connectivity index (χ1) is 8.09. The number of carbonyl (C=O) groups is 1. The normalized spacial score (nSPS) is 10.1. The molecule has 1 aromatic heterocycles. The van der Waals surface area contributed by atoms with Gasteiger partial charge in [0.1, 0.15) is 11.4 Å². The number of aromatic amines is 1. The number of phenols is 1. The average Bonchev–Trinajstić information content (AvgIpc) is 2.30. The van der Waals surface area contributed by atoms with Gasteiger partial charge in [0.05, 0.1) is 0 Å². The predicted molar refractivity (Wildman–Crippen MR) is 61.1 cm³/mol. The SMILES string of the molecule is O=C(O)c1[nH]c(=O)ccc1-c1ccccc1O. The number of rotatable bonds is 2. The molecule has 0 bridgehead atoms. The van der Waals surface area contributed by atoms with E-state index in [1.807, 2.05) is 0 Å².